The maximum atomic E-state index is 11.7. The number of carbonyl (C=O) groups is 2. The molecular weight excluding hydrogens is 196 g/mol. The van der Waals surface area contributed by atoms with Gasteiger partial charge in [0.25, 0.3) is 0 Å². The summed E-state index contributed by atoms with van der Waals surface area (Å²) < 4.78 is 10.1. The smallest absolute Gasteiger partial charge is 0.316 e. The highest BCUT2D eigenvalue weighted by atomic mass is 16.6. The van der Waals surface area contributed by atoms with E-state index < -0.39 is 5.41 Å². The predicted octanol–water partition coefficient (Wildman–Crippen LogP) is 1.53. The Morgan fingerprint density at radius 1 is 1.27 bits per heavy atom. The normalized spacial score (nSPS) is 31.9. The lowest BCUT2D eigenvalue weighted by molar-refractivity contribution is -0.153. The zero-order chi connectivity index (χ0) is 11.9. The molecule has 1 aliphatic rings. The monoisotopic (exact) mass is 214 g/mol. The second kappa shape index (κ2) is 3.51. The van der Waals surface area contributed by atoms with Gasteiger partial charge in [0.05, 0.1) is 6.61 Å². The standard InChI is InChI=1S/C11H18O4/c1-6-14-9(13)11(5)8(10(11,3)4)15-7(2)12/h8H,6H2,1-5H3. The van der Waals surface area contributed by atoms with E-state index in [9.17, 15) is 9.59 Å². The fraction of sp³-hybridized carbons (Fsp3) is 0.818. The Morgan fingerprint density at radius 3 is 2.20 bits per heavy atom. The van der Waals surface area contributed by atoms with Crippen molar-refractivity contribution in [3.63, 3.8) is 0 Å². The first-order chi connectivity index (χ1) is 6.78. The van der Waals surface area contributed by atoms with Crippen LogP contribution in [0.25, 0.3) is 0 Å². The van der Waals surface area contributed by atoms with Crippen LogP contribution in [0.2, 0.25) is 0 Å². The molecule has 0 amide bonds. The maximum Gasteiger partial charge on any atom is 0.316 e. The van der Waals surface area contributed by atoms with Crippen LogP contribution in [0.15, 0.2) is 0 Å². The average Bonchev–Trinajstić information content (AvgIpc) is 2.51. The van der Waals surface area contributed by atoms with Gasteiger partial charge < -0.3 is 9.47 Å². The minimum Gasteiger partial charge on any atom is -0.465 e. The molecule has 0 aromatic rings. The lowest BCUT2D eigenvalue weighted by Gasteiger charge is -2.11. The highest BCUT2D eigenvalue weighted by Crippen LogP contribution is 2.65. The van der Waals surface area contributed by atoms with Crippen molar-refractivity contribution in [2.45, 2.75) is 40.7 Å². The van der Waals surface area contributed by atoms with E-state index in [1.165, 1.54) is 6.92 Å². The number of carbonyl (C=O) groups excluding carboxylic acids is 2. The average molecular weight is 214 g/mol. The molecule has 0 heterocycles. The van der Waals surface area contributed by atoms with Crippen molar-refractivity contribution in [3.8, 4) is 0 Å². The second-order valence-corrected chi connectivity index (χ2v) is 4.63. The molecule has 0 spiro atoms. The van der Waals surface area contributed by atoms with Crippen LogP contribution in [-0.2, 0) is 19.1 Å². The van der Waals surface area contributed by atoms with Gasteiger partial charge in [-0.15, -0.1) is 0 Å². The lowest BCUT2D eigenvalue weighted by Crippen LogP contribution is -2.23. The first-order valence-electron chi connectivity index (χ1n) is 5.13. The molecule has 1 fully saturated rings. The van der Waals surface area contributed by atoms with Crippen molar-refractivity contribution >= 4 is 11.9 Å². The van der Waals surface area contributed by atoms with E-state index in [4.69, 9.17) is 9.47 Å². The fourth-order valence-electron chi connectivity index (χ4n) is 2.01. The molecule has 0 bridgehead atoms. The molecule has 0 radical (unpaired) electrons. The number of hydrogen-bond donors (Lipinski definition) is 0. The Kier molecular flexibility index (Phi) is 2.81. The summed E-state index contributed by atoms with van der Waals surface area (Å²) in [6, 6.07) is 0. The lowest BCUT2D eigenvalue weighted by atomic mass is 9.99. The molecule has 4 heteroatoms. The molecule has 0 aromatic heterocycles. The molecular formula is C11H18O4. The summed E-state index contributed by atoms with van der Waals surface area (Å²) in [4.78, 5) is 22.6. The summed E-state index contributed by atoms with van der Waals surface area (Å²) in [7, 11) is 0. The summed E-state index contributed by atoms with van der Waals surface area (Å²) in [5.41, 5.74) is -1.04. The minimum absolute atomic E-state index is 0.291. The molecule has 1 saturated carbocycles. The van der Waals surface area contributed by atoms with E-state index in [0.717, 1.165) is 0 Å². The molecule has 2 unspecified atom stereocenters. The molecule has 4 nitrogen and oxygen atoms in total. The molecule has 1 aliphatic carbocycles. The van der Waals surface area contributed by atoms with Crippen molar-refractivity contribution in [1.29, 1.82) is 0 Å². The van der Waals surface area contributed by atoms with Gasteiger partial charge in [0, 0.05) is 12.3 Å². The predicted molar refractivity (Wildman–Crippen MR) is 54.1 cm³/mol. The van der Waals surface area contributed by atoms with Crippen LogP contribution in [0.5, 0.6) is 0 Å². The number of rotatable bonds is 3. The third kappa shape index (κ3) is 1.62. The SMILES string of the molecule is CCOC(=O)C1(C)C(OC(C)=O)C1(C)C. The zero-order valence-electron chi connectivity index (χ0n) is 9.92. The highest BCUT2D eigenvalue weighted by molar-refractivity contribution is 5.84. The van der Waals surface area contributed by atoms with Gasteiger partial charge in [0.1, 0.15) is 11.5 Å². The third-order valence-electron chi connectivity index (χ3n) is 3.42. The molecule has 1 rings (SSSR count). The van der Waals surface area contributed by atoms with Crippen LogP contribution in [0.4, 0.5) is 0 Å². The quantitative estimate of drug-likeness (QED) is 0.668. The Balaban J connectivity index is 2.78. The number of hydrogen-bond acceptors (Lipinski definition) is 4. The van der Waals surface area contributed by atoms with Crippen LogP contribution in [0.3, 0.4) is 0 Å². The number of esters is 2. The van der Waals surface area contributed by atoms with Crippen LogP contribution < -0.4 is 0 Å². The van der Waals surface area contributed by atoms with E-state index in [1.54, 1.807) is 13.8 Å². The third-order valence-corrected chi connectivity index (χ3v) is 3.42. The van der Waals surface area contributed by atoms with Gasteiger partial charge in [0.2, 0.25) is 0 Å². The van der Waals surface area contributed by atoms with E-state index >= 15 is 0 Å². The van der Waals surface area contributed by atoms with Crippen molar-refractivity contribution in [2.24, 2.45) is 10.8 Å². The van der Waals surface area contributed by atoms with Gasteiger partial charge >= 0.3 is 11.9 Å². The Hall–Kier alpha value is -1.06. The first kappa shape index (κ1) is 12.0. The van der Waals surface area contributed by atoms with E-state index in [-0.39, 0.29) is 23.5 Å². The Labute approximate surface area is 89.9 Å². The summed E-state index contributed by atoms with van der Waals surface area (Å²) in [5, 5.41) is 0. The van der Waals surface area contributed by atoms with Gasteiger partial charge in [-0.1, -0.05) is 13.8 Å². The van der Waals surface area contributed by atoms with Crippen molar-refractivity contribution in [1.82, 2.24) is 0 Å². The van der Waals surface area contributed by atoms with Crippen molar-refractivity contribution in [2.75, 3.05) is 6.61 Å². The first-order valence-corrected chi connectivity index (χ1v) is 5.13. The molecule has 0 saturated heterocycles. The molecule has 86 valence electrons. The summed E-state index contributed by atoms with van der Waals surface area (Å²) in [5.74, 6) is -0.651. The Bertz CT molecular complexity index is 295. The van der Waals surface area contributed by atoms with E-state index in [1.807, 2.05) is 13.8 Å². The summed E-state index contributed by atoms with van der Waals surface area (Å²) in [6.07, 6.45) is -0.374. The zero-order valence-corrected chi connectivity index (χ0v) is 9.92. The molecule has 2 atom stereocenters. The van der Waals surface area contributed by atoms with Gasteiger partial charge in [-0.05, 0) is 13.8 Å². The van der Waals surface area contributed by atoms with Crippen LogP contribution in [0, 0.1) is 10.8 Å². The number of ether oxygens (including phenoxy) is 2. The van der Waals surface area contributed by atoms with E-state index in [2.05, 4.69) is 0 Å². The van der Waals surface area contributed by atoms with Crippen LogP contribution >= 0.6 is 0 Å². The van der Waals surface area contributed by atoms with E-state index in [0.29, 0.717) is 6.61 Å². The summed E-state index contributed by atoms with van der Waals surface area (Å²) >= 11 is 0. The molecule has 0 aliphatic heterocycles. The van der Waals surface area contributed by atoms with Gasteiger partial charge in [-0.25, -0.2) is 0 Å². The second-order valence-electron chi connectivity index (χ2n) is 4.63. The molecule has 15 heavy (non-hydrogen) atoms. The van der Waals surface area contributed by atoms with Crippen LogP contribution in [0.1, 0.15) is 34.6 Å². The molecule has 0 aromatic carbocycles. The maximum absolute atomic E-state index is 11.7. The van der Waals surface area contributed by atoms with Gasteiger partial charge in [-0.2, -0.15) is 0 Å². The Morgan fingerprint density at radius 2 is 1.80 bits per heavy atom. The minimum atomic E-state index is -0.700. The molecule has 0 N–H and O–H groups in total. The topological polar surface area (TPSA) is 52.6 Å². The van der Waals surface area contributed by atoms with Crippen molar-refractivity contribution < 1.29 is 19.1 Å². The van der Waals surface area contributed by atoms with Gasteiger partial charge in [0.15, 0.2) is 0 Å². The van der Waals surface area contributed by atoms with Crippen molar-refractivity contribution in [3.05, 3.63) is 0 Å². The highest BCUT2D eigenvalue weighted by Gasteiger charge is 2.76. The van der Waals surface area contributed by atoms with Crippen LogP contribution in [-0.4, -0.2) is 24.6 Å². The largest absolute Gasteiger partial charge is 0.465 e. The summed E-state index contributed by atoms with van der Waals surface area (Å²) in [6.45, 7) is 9.03. The fourth-order valence-corrected chi connectivity index (χ4v) is 2.01. The van der Waals surface area contributed by atoms with Gasteiger partial charge in [-0.3, -0.25) is 9.59 Å².